The second-order valence-electron chi connectivity index (χ2n) is 6.08. The van der Waals surface area contributed by atoms with E-state index in [0.29, 0.717) is 19.4 Å². The first-order valence-electron chi connectivity index (χ1n) is 8.49. The molecule has 1 atom stereocenters. The summed E-state index contributed by atoms with van der Waals surface area (Å²) in [4.78, 5) is 29.9. The van der Waals surface area contributed by atoms with Crippen molar-refractivity contribution in [3.8, 4) is 0 Å². The molecule has 3 amide bonds. The number of carbonyl (C=O) groups excluding carboxylic acids is 2. The predicted molar refractivity (Wildman–Crippen MR) is 97.6 cm³/mol. The number of hydrogen-bond donors (Lipinski definition) is 2. The van der Waals surface area contributed by atoms with E-state index in [2.05, 4.69) is 15.6 Å². The van der Waals surface area contributed by atoms with Crippen molar-refractivity contribution in [2.24, 2.45) is 0 Å². The number of amides is 3. The number of rotatable bonds is 4. The van der Waals surface area contributed by atoms with E-state index in [-0.39, 0.29) is 18.0 Å². The highest BCUT2D eigenvalue weighted by molar-refractivity contribution is 5.97. The minimum atomic E-state index is -0.261. The zero-order chi connectivity index (χ0) is 17.8. The van der Waals surface area contributed by atoms with Crippen molar-refractivity contribution in [3.63, 3.8) is 0 Å². The molecule has 1 aliphatic rings. The molecule has 1 aromatic carbocycles. The lowest BCUT2D eigenvalue weighted by Gasteiger charge is -2.28. The van der Waals surface area contributed by atoms with E-state index in [9.17, 15) is 9.59 Å². The molecular formula is C19H22N4O2. The first kappa shape index (κ1) is 17.0. The molecule has 6 nitrogen and oxygen atoms in total. The Kier molecular flexibility index (Phi) is 4.97. The zero-order valence-corrected chi connectivity index (χ0v) is 14.5. The van der Waals surface area contributed by atoms with Crippen LogP contribution in [0, 0.1) is 0 Å². The lowest BCUT2D eigenvalue weighted by atomic mass is 10.0. The monoisotopic (exact) mass is 338 g/mol. The summed E-state index contributed by atoms with van der Waals surface area (Å²) in [6.45, 7) is 4.54. The molecule has 2 heterocycles. The first-order chi connectivity index (χ1) is 12.1. The van der Waals surface area contributed by atoms with Crippen molar-refractivity contribution in [2.45, 2.75) is 32.7 Å². The lowest BCUT2D eigenvalue weighted by molar-refractivity contribution is -0.118. The Morgan fingerprint density at radius 2 is 2.00 bits per heavy atom. The van der Waals surface area contributed by atoms with Gasteiger partial charge in [0.15, 0.2) is 0 Å². The summed E-state index contributed by atoms with van der Waals surface area (Å²) in [6, 6.07) is 9.05. The molecule has 25 heavy (non-hydrogen) atoms. The molecule has 0 aliphatic carbocycles. The number of fused-ring (bicyclic) bond motifs is 1. The van der Waals surface area contributed by atoms with Crippen LogP contribution in [0.25, 0.3) is 0 Å². The van der Waals surface area contributed by atoms with Gasteiger partial charge in [0.25, 0.3) is 0 Å². The van der Waals surface area contributed by atoms with E-state index in [1.165, 1.54) is 0 Å². The Labute approximate surface area is 147 Å². The molecule has 1 aliphatic heterocycles. The van der Waals surface area contributed by atoms with E-state index in [4.69, 9.17) is 0 Å². The van der Waals surface area contributed by atoms with Gasteiger partial charge in [-0.1, -0.05) is 0 Å². The lowest BCUT2D eigenvalue weighted by Crippen LogP contribution is -2.35. The minimum Gasteiger partial charge on any atom is -0.331 e. The maximum absolute atomic E-state index is 12.2. The number of nitrogens with one attached hydrogen (secondary N) is 2. The smallest absolute Gasteiger partial charge is 0.319 e. The standard InChI is InChI=1S/C19H22N4O2/c1-3-23-17-6-5-16(12-15(17)4-7-18(23)24)22-19(25)21-13(2)14-8-10-20-11-9-14/h5-6,8-13H,3-4,7H2,1-2H3,(H2,21,22,25). The molecule has 0 radical (unpaired) electrons. The van der Waals surface area contributed by atoms with E-state index in [1.54, 1.807) is 17.3 Å². The van der Waals surface area contributed by atoms with Gasteiger partial charge in [0.05, 0.1) is 6.04 Å². The second-order valence-corrected chi connectivity index (χ2v) is 6.08. The van der Waals surface area contributed by atoms with Crippen molar-refractivity contribution in [2.75, 3.05) is 16.8 Å². The van der Waals surface area contributed by atoms with Gasteiger partial charge in [-0.15, -0.1) is 0 Å². The SMILES string of the molecule is CCN1C(=O)CCc2cc(NC(=O)NC(C)c3ccncc3)ccc21. The van der Waals surface area contributed by atoms with E-state index >= 15 is 0 Å². The van der Waals surface area contributed by atoms with Crippen LogP contribution in [0.4, 0.5) is 16.2 Å². The highest BCUT2D eigenvalue weighted by atomic mass is 16.2. The van der Waals surface area contributed by atoms with E-state index < -0.39 is 0 Å². The first-order valence-corrected chi connectivity index (χ1v) is 8.49. The fraction of sp³-hybridized carbons (Fsp3) is 0.316. The fourth-order valence-corrected chi connectivity index (χ4v) is 3.08. The van der Waals surface area contributed by atoms with Crippen molar-refractivity contribution < 1.29 is 9.59 Å². The minimum absolute atomic E-state index is 0.117. The second kappa shape index (κ2) is 7.34. The number of carbonyl (C=O) groups is 2. The highest BCUT2D eigenvalue weighted by Crippen LogP contribution is 2.30. The summed E-state index contributed by atoms with van der Waals surface area (Å²) in [5.74, 6) is 0.152. The Morgan fingerprint density at radius 1 is 1.24 bits per heavy atom. The summed E-state index contributed by atoms with van der Waals surface area (Å²) in [5.41, 5.74) is 3.74. The molecule has 0 saturated carbocycles. The van der Waals surface area contributed by atoms with Gasteiger partial charge < -0.3 is 15.5 Å². The quantitative estimate of drug-likeness (QED) is 0.898. The summed E-state index contributed by atoms with van der Waals surface area (Å²) < 4.78 is 0. The van der Waals surface area contributed by atoms with Crippen LogP contribution in [0.3, 0.4) is 0 Å². The predicted octanol–water partition coefficient (Wildman–Crippen LogP) is 3.26. The van der Waals surface area contributed by atoms with Crippen LogP contribution in [0.15, 0.2) is 42.7 Å². The molecule has 0 spiro atoms. The van der Waals surface area contributed by atoms with Crippen molar-refractivity contribution in [1.29, 1.82) is 0 Å². The van der Waals surface area contributed by atoms with E-state index in [0.717, 1.165) is 22.5 Å². The zero-order valence-electron chi connectivity index (χ0n) is 14.5. The van der Waals surface area contributed by atoms with Gasteiger partial charge in [0, 0.05) is 36.7 Å². The molecule has 6 heteroatoms. The topological polar surface area (TPSA) is 74.3 Å². The maximum atomic E-state index is 12.2. The van der Waals surface area contributed by atoms with Gasteiger partial charge >= 0.3 is 6.03 Å². The van der Waals surface area contributed by atoms with Gasteiger partial charge in [-0.25, -0.2) is 4.79 Å². The number of aromatic nitrogens is 1. The number of benzene rings is 1. The third-order valence-corrected chi connectivity index (χ3v) is 4.41. The van der Waals surface area contributed by atoms with Gasteiger partial charge in [-0.2, -0.15) is 0 Å². The maximum Gasteiger partial charge on any atom is 0.319 e. The summed E-state index contributed by atoms with van der Waals surface area (Å²) in [6.07, 6.45) is 4.62. The van der Waals surface area contributed by atoms with Gasteiger partial charge in [0.2, 0.25) is 5.91 Å². The van der Waals surface area contributed by atoms with Crippen LogP contribution in [0.1, 0.15) is 37.4 Å². The third-order valence-electron chi connectivity index (χ3n) is 4.41. The Bertz CT molecular complexity index is 776. The van der Waals surface area contributed by atoms with Gasteiger partial charge in [0.1, 0.15) is 0 Å². The van der Waals surface area contributed by atoms with Crippen LogP contribution in [0.5, 0.6) is 0 Å². The van der Waals surface area contributed by atoms with Crippen molar-refractivity contribution in [1.82, 2.24) is 10.3 Å². The van der Waals surface area contributed by atoms with Gasteiger partial charge in [-0.3, -0.25) is 9.78 Å². The summed E-state index contributed by atoms with van der Waals surface area (Å²) in [5, 5.41) is 5.78. The van der Waals surface area contributed by atoms with Crippen LogP contribution in [-0.2, 0) is 11.2 Å². The molecule has 3 rings (SSSR count). The molecule has 2 aromatic rings. The molecule has 0 bridgehead atoms. The number of anilines is 2. The van der Waals surface area contributed by atoms with Crippen LogP contribution < -0.4 is 15.5 Å². The number of nitrogens with zero attached hydrogens (tertiary/aromatic N) is 2. The molecule has 1 unspecified atom stereocenters. The Balaban J connectivity index is 1.67. The fourth-order valence-electron chi connectivity index (χ4n) is 3.08. The number of hydrogen-bond acceptors (Lipinski definition) is 3. The van der Waals surface area contributed by atoms with Gasteiger partial charge in [-0.05, 0) is 61.7 Å². The van der Waals surface area contributed by atoms with E-state index in [1.807, 2.05) is 44.2 Å². The largest absolute Gasteiger partial charge is 0.331 e. The average molecular weight is 338 g/mol. The summed E-state index contributed by atoms with van der Waals surface area (Å²) >= 11 is 0. The van der Waals surface area contributed by atoms with Crippen LogP contribution >= 0.6 is 0 Å². The molecular weight excluding hydrogens is 316 g/mol. The molecule has 2 N–H and O–H groups in total. The average Bonchev–Trinajstić information content (AvgIpc) is 2.62. The third kappa shape index (κ3) is 3.79. The molecule has 0 saturated heterocycles. The highest BCUT2D eigenvalue weighted by Gasteiger charge is 2.23. The van der Waals surface area contributed by atoms with Crippen LogP contribution in [-0.4, -0.2) is 23.5 Å². The molecule has 130 valence electrons. The van der Waals surface area contributed by atoms with Crippen molar-refractivity contribution >= 4 is 23.3 Å². The number of pyridine rings is 1. The Hall–Kier alpha value is -2.89. The molecule has 0 fully saturated rings. The summed E-state index contributed by atoms with van der Waals surface area (Å²) in [7, 11) is 0. The normalized spacial score (nSPS) is 14.6. The Morgan fingerprint density at radius 3 is 2.72 bits per heavy atom. The number of urea groups is 1. The number of aryl methyl sites for hydroxylation is 1. The van der Waals surface area contributed by atoms with Crippen LogP contribution in [0.2, 0.25) is 0 Å². The van der Waals surface area contributed by atoms with Crippen molar-refractivity contribution in [3.05, 3.63) is 53.9 Å². The molecule has 1 aromatic heterocycles.